The van der Waals surface area contributed by atoms with E-state index in [0.29, 0.717) is 23.0 Å². The summed E-state index contributed by atoms with van der Waals surface area (Å²) in [6, 6.07) is 4.34. The second kappa shape index (κ2) is 5.21. The fraction of sp³-hybridized carbons (Fsp3) is 0.154. The molecule has 0 bridgehead atoms. The van der Waals surface area contributed by atoms with Gasteiger partial charge in [0, 0.05) is 0 Å². The zero-order valence-corrected chi connectivity index (χ0v) is 9.82. The molecule has 0 spiro atoms. The first-order chi connectivity index (χ1) is 7.90. The zero-order valence-electron chi connectivity index (χ0n) is 9.82. The van der Waals surface area contributed by atoms with Crippen LogP contribution in [0.1, 0.15) is 24.2 Å². The fourth-order valence-corrected chi connectivity index (χ4v) is 1.18. The van der Waals surface area contributed by atoms with E-state index in [-0.39, 0.29) is 5.56 Å². The van der Waals surface area contributed by atoms with Gasteiger partial charge in [-0.3, -0.25) is 0 Å². The minimum absolute atomic E-state index is 0.121. The van der Waals surface area contributed by atoms with E-state index in [2.05, 4.69) is 13.2 Å². The summed E-state index contributed by atoms with van der Waals surface area (Å²) in [6.45, 7) is 10.6. The van der Waals surface area contributed by atoms with Gasteiger partial charge in [-0.05, 0) is 32.0 Å². The molecule has 0 aromatic heterocycles. The summed E-state index contributed by atoms with van der Waals surface area (Å²) in [5.74, 6) is 0.614. The van der Waals surface area contributed by atoms with Crippen molar-refractivity contribution in [1.29, 1.82) is 0 Å². The number of benzene rings is 1. The lowest BCUT2D eigenvalue weighted by Crippen LogP contribution is -2.00. The predicted molar refractivity (Wildman–Crippen MR) is 64.3 cm³/mol. The molecule has 0 fully saturated rings. The highest BCUT2D eigenvalue weighted by molar-refractivity contribution is 5.88. The van der Waals surface area contributed by atoms with E-state index in [4.69, 9.17) is 14.6 Å². The van der Waals surface area contributed by atoms with E-state index in [1.165, 1.54) is 18.2 Å². The van der Waals surface area contributed by atoms with Crippen molar-refractivity contribution in [1.82, 2.24) is 0 Å². The van der Waals surface area contributed by atoms with Crippen LogP contribution in [-0.4, -0.2) is 11.1 Å². The van der Waals surface area contributed by atoms with Crippen LogP contribution in [0.4, 0.5) is 0 Å². The molecule has 4 nitrogen and oxygen atoms in total. The lowest BCUT2D eigenvalue weighted by atomic mass is 10.2. The van der Waals surface area contributed by atoms with Gasteiger partial charge in [0.25, 0.3) is 0 Å². The number of carbonyl (C=O) groups is 1. The van der Waals surface area contributed by atoms with Crippen molar-refractivity contribution in [2.24, 2.45) is 0 Å². The van der Waals surface area contributed by atoms with Crippen LogP contribution < -0.4 is 9.47 Å². The molecule has 90 valence electrons. The normalized spacial score (nSPS) is 9.53. The molecule has 0 saturated carbocycles. The molecular weight excluding hydrogens is 220 g/mol. The van der Waals surface area contributed by atoms with Gasteiger partial charge < -0.3 is 14.6 Å². The number of carboxylic acids is 1. The van der Waals surface area contributed by atoms with Gasteiger partial charge in [-0.2, -0.15) is 0 Å². The topological polar surface area (TPSA) is 55.8 Å². The Balaban J connectivity index is 3.15. The van der Waals surface area contributed by atoms with Crippen LogP contribution in [-0.2, 0) is 0 Å². The molecule has 1 N–H and O–H groups in total. The van der Waals surface area contributed by atoms with E-state index in [0.717, 1.165) is 0 Å². The van der Waals surface area contributed by atoms with Crippen molar-refractivity contribution < 1.29 is 19.4 Å². The SMILES string of the molecule is C=C(C)Oc1ccc(C(=O)O)cc1OC(=C)C. The molecule has 4 heteroatoms. The molecule has 0 atom stereocenters. The van der Waals surface area contributed by atoms with Crippen LogP contribution in [0, 0.1) is 0 Å². The monoisotopic (exact) mass is 234 g/mol. The number of rotatable bonds is 5. The van der Waals surface area contributed by atoms with E-state index in [9.17, 15) is 4.79 Å². The highest BCUT2D eigenvalue weighted by Gasteiger charge is 2.11. The zero-order chi connectivity index (χ0) is 13.0. The number of aromatic carboxylic acids is 1. The Morgan fingerprint density at radius 1 is 1.12 bits per heavy atom. The van der Waals surface area contributed by atoms with Gasteiger partial charge in [0.2, 0.25) is 0 Å². The molecule has 0 amide bonds. The summed E-state index contributed by atoms with van der Waals surface area (Å²) >= 11 is 0. The van der Waals surface area contributed by atoms with Crippen molar-refractivity contribution in [3.05, 3.63) is 48.4 Å². The van der Waals surface area contributed by atoms with E-state index < -0.39 is 5.97 Å². The van der Waals surface area contributed by atoms with Crippen molar-refractivity contribution in [2.75, 3.05) is 0 Å². The number of hydrogen-bond donors (Lipinski definition) is 1. The maximum Gasteiger partial charge on any atom is 0.335 e. The first-order valence-electron chi connectivity index (χ1n) is 4.94. The maximum atomic E-state index is 10.8. The maximum absolute atomic E-state index is 10.8. The Labute approximate surface area is 99.8 Å². The summed E-state index contributed by atoms with van der Waals surface area (Å²) in [7, 11) is 0. The Hall–Kier alpha value is -2.23. The van der Waals surface area contributed by atoms with E-state index in [1.807, 2.05) is 0 Å². The molecule has 0 aliphatic heterocycles. The van der Waals surface area contributed by atoms with Crippen molar-refractivity contribution in [3.8, 4) is 11.5 Å². The third kappa shape index (κ3) is 3.68. The molecule has 1 aromatic carbocycles. The Morgan fingerprint density at radius 2 is 1.65 bits per heavy atom. The smallest absolute Gasteiger partial charge is 0.335 e. The summed E-state index contributed by atoms with van der Waals surface area (Å²) in [5.41, 5.74) is 0.121. The van der Waals surface area contributed by atoms with Gasteiger partial charge in [-0.25, -0.2) is 4.79 Å². The number of ether oxygens (including phenoxy) is 2. The summed E-state index contributed by atoms with van der Waals surface area (Å²) < 4.78 is 10.6. The van der Waals surface area contributed by atoms with Gasteiger partial charge in [0.05, 0.1) is 17.1 Å². The summed E-state index contributed by atoms with van der Waals surface area (Å²) in [4.78, 5) is 10.8. The van der Waals surface area contributed by atoms with E-state index in [1.54, 1.807) is 13.8 Å². The van der Waals surface area contributed by atoms with Gasteiger partial charge in [0.15, 0.2) is 11.5 Å². The minimum atomic E-state index is -1.03. The molecule has 0 aliphatic carbocycles. The molecular formula is C13H14O4. The van der Waals surface area contributed by atoms with Crippen molar-refractivity contribution >= 4 is 5.97 Å². The molecule has 0 heterocycles. The van der Waals surface area contributed by atoms with Crippen molar-refractivity contribution in [3.63, 3.8) is 0 Å². The molecule has 17 heavy (non-hydrogen) atoms. The largest absolute Gasteiger partial charge is 0.478 e. The molecule has 0 saturated heterocycles. The van der Waals surface area contributed by atoms with E-state index >= 15 is 0 Å². The fourth-order valence-electron chi connectivity index (χ4n) is 1.18. The van der Waals surface area contributed by atoms with Crippen LogP contribution in [0.3, 0.4) is 0 Å². The molecule has 0 unspecified atom stereocenters. The third-order valence-electron chi connectivity index (χ3n) is 1.76. The third-order valence-corrected chi connectivity index (χ3v) is 1.76. The second-order valence-electron chi connectivity index (χ2n) is 3.57. The average molecular weight is 234 g/mol. The number of allylic oxidation sites excluding steroid dienone is 2. The molecule has 0 aliphatic rings. The lowest BCUT2D eigenvalue weighted by molar-refractivity contribution is 0.0696. The van der Waals surface area contributed by atoms with Gasteiger partial charge in [0.1, 0.15) is 0 Å². The second-order valence-corrected chi connectivity index (χ2v) is 3.57. The van der Waals surface area contributed by atoms with Crippen LogP contribution in [0.5, 0.6) is 11.5 Å². The number of hydrogen-bond acceptors (Lipinski definition) is 3. The molecule has 1 aromatic rings. The predicted octanol–water partition coefficient (Wildman–Crippen LogP) is 3.21. The summed E-state index contributed by atoms with van der Waals surface area (Å²) in [6.07, 6.45) is 0. The average Bonchev–Trinajstić information content (AvgIpc) is 2.18. The van der Waals surface area contributed by atoms with Crippen LogP contribution >= 0.6 is 0 Å². The van der Waals surface area contributed by atoms with Gasteiger partial charge in [-0.1, -0.05) is 13.2 Å². The Morgan fingerprint density at radius 3 is 2.12 bits per heavy atom. The lowest BCUT2D eigenvalue weighted by Gasteiger charge is -2.12. The Kier molecular flexibility index (Phi) is 3.93. The highest BCUT2D eigenvalue weighted by atomic mass is 16.5. The van der Waals surface area contributed by atoms with Crippen LogP contribution in [0.15, 0.2) is 42.9 Å². The molecule has 1 rings (SSSR count). The minimum Gasteiger partial charge on any atom is -0.478 e. The highest BCUT2D eigenvalue weighted by Crippen LogP contribution is 2.31. The summed E-state index contributed by atoms with van der Waals surface area (Å²) in [5, 5.41) is 8.88. The standard InChI is InChI=1S/C13H14O4/c1-8(2)16-11-6-5-10(13(14)15)7-12(11)17-9(3)4/h5-7H,1,3H2,2,4H3,(H,14,15). The van der Waals surface area contributed by atoms with Crippen molar-refractivity contribution in [2.45, 2.75) is 13.8 Å². The van der Waals surface area contributed by atoms with Crippen LogP contribution in [0.25, 0.3) is 0 Å². The van der Waals surface area contributed by atoms with Crippen LogP contribution in [0.2, 0.25) is 0 Å². The Bertz CT molecular complexity index is 474. The first kappa shape index (κ1) is 12.8. The van der Waals surface area contributed by atoms with Gasteiger partial charge in [-0.15, -0.1) is 0 Å². The van der Waals surface area contributed by atoms with Gasteiger partial charge >= 0.3 is 5.97 Å². The quantitative estimate of drug-likeness (QED) is 0.795. The first-order valence-corrected chi connectivity index (χ1v) is 4.94. The molecule has 0 radical (unpaired) electrons. The number of carboxylic acid groups (broad SMARTS) is 1.